The van der Waals surface area contributed by atoms with E-state index in [9.17, 15) is 4.39 Å². The second kappa shape index (κ2) is 2.86. The minimum atomic E-state index is -0.326. The summed E-state index contributed by atoms with van der Waals surface area (Å²) in [6.45, 7) is 3.41. The molecule has 1 aromatic rings. The molecule has 3 heteroatoms. The monoisotopic (exact) mass is 155 g/mol. The topological polar surface area (TPSA) is 22.1 Å². The van der Waals surface area contributed by atoms with Gasteiger partial charge in [-0.05, 0) is 13.8 Å². The Morgan fingerprint density at radius 2 is 2.00 bits per heavy atom. The molecule has 0 bridgehead atoms. The van der Waals surface area contributed by atoms with E-state index in [4.69, 9.17) is 4.74 Å². The van der Waals surface area contributed by atoms with Gasteiger partial charge in [0.2, 0.25) is 0 Å². The number of hydrogen-bond donors (Lipinski definition) is 0. The highest BCUT2D eigenvalue weighted by molar-refractivity contribution is 5.28. The summed E-state index contributed by atoms with van der Waals surface area (Å²) in [5, 5.41) is 0. The van der Waals surface area contributed by atoms with Gasteiger partial charge in [-0.25, -0.2) is 4.39 Å². The molecule has 0 amide bonds. The van der Waals surface area contributed by atoms with Crippen LogP contribution in [0, 0.1) is 19.7 Å². The molecule has 1 aromatic heterocycles. The summed E-state index contributed by atoms with van der Waals surface area (Å²) in [5.74, 6) is 0.167. The zero-order valence-electron chi connectivity index (χ0n) is 6.81. The molecule has 0 saturated carbocycles. The van der Waals surface area contributed by atoms with Crippen molar-refractivity contribution in [2.75, 3.05) is 7.11 Å². The zero-order chi connectivity index (χ0) is 8.43. The molecule has 0 N–H and O–H groups in total. The van der Waals surface area contributed by atoms with Crippen LogP contribution in [0.5, 0.6) is 5.75 Å². The van der Waals surface area contributed by atoms with E-state index in [1.165, 1.54) is 13.2 Å². The molecular weight excluding hydrogens is 145 g/mol. The fraction of sp³-hybridized carbons (Fsp3) is 0.375. The second-order valence-corrected chi connectivity index (χ2v) is 2.34. The smallest absolute Gasteiger partial charge is 0.148 e. The van der Waals surface area contributed by atoms with E-state index in [0.29, 0.717) is 17.1 Å². The highest BCUT2D eigenvalue weighted by atomic mass is 19.1. The first kappa shape index (κ1) is 7.98. The predicted octanol–water partition coefficient (Wildman–Crippen LogP) is 1.85. The van der Waals surface area contributed by atoms with Crippen LogP contribution in [0.15, 0.2) is 6.07 Å². The van der Waals surface area contributed by atoms with Gasteiger partial charge in [0, 0.05) is 6.07 Å². The number of rotatable bonds is 1. The minimum absolute atomic E-state index is 0.326. The number of nitrogens with zero attached hydrogens (tertiary/aromatic N) is 1. The van der Waals surface area contributed by atoms with Crippen molar-refractivity contribution in [2.45, 2.75) is 13.8 Å². The Hall–Kier alpha value is -1.12. The largest absolute Gasteiger partial charge is 0.495 e. The van der Waals surface area contributed by atoms with Crippen LogP contribution in [-0.4, -0.2) is 12.1 Å². The summed E-state index contributed by atoms with van der Waals surface area (Å²) in [6.07, 6.45) is 0. The van der Waals surface area contributed by atoms with Crippen LogP contribution in [0.1, 0.15) is 11.4 Å². The Labute approximate surface area is 65.0 Å². The van der Waals surface area contributed by atoms with Gasteiger partial charge in [-0.15, -0.1) is 0 Å². The molecule has 0 aliphatic heterocycles. The van der Waals surface area contributed by atoms with Crippen LogP contribution >= 0.6 is 0 Å². The van der Waals surface area contributed by atoms with Crippen molar-refractivity contribution < 1.29 is 9.13 Å². The first-order chi connectivity index (χ1) is 5.15. The molecule has 0 fully saturated rings. The van der Waals surface area contributed by atoms with Crippen molar-refractivity contribution in [3.63, 3.8) is 0 Å². The molecule has 60 valence electrons. The Kier molecular flexibility index (Phi) is 2.08. The minimum Gasteiger partial charge on any atom is -0.495 e. The molecule has 11 heavy (non-hydrogen) atoms. The SMILES string of the molecule is COc1cc(F)c(C)nc1C. The van der Waals surface area contributed by atoms with Gasteiger partial charge in [0.05, 0.1) is 18.5 Å². The third kappa shape index (κ3) is 1.48. The molecule has 0 aromatic carbocycles. The summed E-state index contributed by atoms with van der Waals surface area (Å²) < 4.78 is 17.7. The summed E-state index contributed by atoms with van der Waals surface area (Å²) in [6, 6.07) is 1.34. The summed E-state index contributed by atoms with van der Waals surface area (Å²) in [7, 11) is 1.50. The average molecular weight is 155 g/mol. The van der Waals surface area contributed by atoms with E-state index in [1.54, 1.807) is 13.8 Å². The Balaban J connectivity index is 3.21. The van der Waals surface area contributed by atoms with Crippen LogP contribution in [0.25, 0.3) is 0 Å². The average Bonchev–Trinajstić information content (AvgIpc) is 1.97. The van der Waals surface area contributed by atoms with Crippen LogP contribution in [-0.2, 0) is 0 Å². The first-order valence-electron chi connectivity index (χ1n) is 3.33. The predicted molar refractivity (Wildman–Crippen MR) is 40.2 cm³/mol. The third-order valence-electron chi connectivity index (χ3n) is 1.52. The van der Waals surface area contributed by atoms with E-state index < -0.39 is 0 Å². The fourth-order valence-electron chi connectivity index (χ4n) is 0.891. The van der Waals surface area contributed by atoms with Gasteiger partial charge in [-0.1, -0.05) is 0 Å². The molecule has 0 spiro atoms. The first-order valence-corrected chi connectivity index (χ1v) is 3.33. The van der Waals surface area contributed by atoms with E-state index in [0.717, 1.165) is 0 Å². The van der Waals surface area contributed by atoms with Gasteiger partial charge < -0.3 is 4.74 Å². The van der Waals surface area contributed by atoms with Gasteiger partial charge in [0.25, 0.3) is 0 Å². The number of halogens is 1. The molecule has 0 atom stereocenters. The maximum Gasteiger partial charge on any atom is 0.148 e. The molecule has 0 aliphatic rings. The maximum atomic E-state index is 12.8. The lowest BCUT2D eigenvalue weighted by atomic mass is 10.3. The Morgan fingerprint density at radius 3 is 2.55 bits per heavy atom. The second-order valence-electron chi connectivity index (χ2n) is 2.34. The number of aryl methyl sites for hydroxylation is 2. The Morgan fingerprint density at radius 1 is 1.36 bits per heavy atom. The number of ether oxygens (including phenoxy) is 1. The summed E-state index contributed by atoms with van der Waals surface area (Å²) >= 11 is 0. The van der Waals surface area contributed by atoms with Crippen molar-refractivity contribution in [3.05, 3.63) is 23.3 Å². The van der Waals surface area contributed by atoms with E-state index in [-0.39, 0.29) is 5.82 Å². The molecule has 1 heterocycles. The van der Waals surface area contributed by atoms with E-state index in [2.05, 4.69) is 4.98 Å². The number of hydrogen-bond acceptors (Lipinski definition) is 2. The summed E-state index contributed by atoms with van der Waals surface area (Å²) in [5.41, 5.74) is 1.12. The number of pyridine rings is 1. The fourth-order valence-corrected chi connectivity index (χ4v) is 0.891. The zero-order valence-corrected chi connectivity index (χ0v) is 6.81. The standard InChI is InChI=1S/C8H10FNO/c1-5-7(9)4-8(11-3)6(2)10-5/h4H,1-3H3. The van der Waals surface area contributed by atoms with Crippen molar-refractivity contribution in [1.29, 1.82) is 0 Å². The lowest BCUT2D eigenvalue weighted by molar-refractivity contribution is 0.404. The van der Waals surface area contributed by atoms with E-state index in [1.807, 2.05) is 0 Å². The third-order valence-corrected chi connectivity index (χ3v) is 1.52. The quantitative estimate of drug-likeness (QED) is 0.617. The molecule has 0 radical (unpaired) electrons. The van der Waals surface area contributed by atoms with Gasteiger partial charge in [-0.3, -0.25) is 4.98 Å². The molecule has 0 aliphatic carbocycles. The molecule has 0 saturated heterocycles. The lowest BCUT2D eigenvalue weighted by Gasteiger charge is -2.04. The van der Waals surface area contributed by atoms with Gasteiger partial charge in [0.15, 0.2) is 0 Å². The highest BCUT2D eigenvalue weighted by Crippen LogP contribution is 2.17. The lowest BCUT2D eigenvalue weighted by Crippen LogP contribution is -1.95. The summed E-state index contributed by atoms with van der Waals surface area (Å²) in [4.78, 5) is 3.94. The number of aromatic nitrogens is 1. The van der Waals surface area contributed by atoms with E-state index >= 15 is 0 Å². The van der Waals surface area contributed by atoms with Crippen LogP contribution < -0.4 is 4.74 Å². The normalized spacial score (nSPS) is 9.82. The molecule has 0 unspecified atom stereocenters. The molecule has 2 nitrogen and oxygen atoms in total. The highest BCUT2D eigenvalue weighted by Gasteiger charge is 2.04. The van der Waals surface area contributed by atoms with Crippen molar-refractivity contribution in [3.8, 4) is 5.75 Å². The number of methoxy groups -OCH3 is 1. The van der Waals surface area contributed by atoms with Crippen LogP contribution in [0.3, 0.4) is 0 Å². The van der Waals surface area contributed by atoms with Gasteiger partial charge >= 0.3 is 0 Å². The Bertz CT molecular complexity index is 273. The molecule has 1 rings (SSSR count). The van der Waals surface area contributed by atoms with Gasteiger partial charge in [-0.2, -0.15) is 0 Å². The molecular formula is C8H10FNO. The van der Waals surface area contributed by atoms with Crippen molar-refractivity contribution >= 4 is 0 Å². The van der Waals surface area contributed by atoms with Crippen LogP contribution in [0.2, 0.25) is 0 Å². The van der Waals surface area contributed by atoms with Crippen molar-refractivity contribution in [2.24, 2.45) is 0 Å². The maximum absolute atomic E-state index is 12.8. The van der Waals surface area contributed by atoms with Crippen molar-refractivity contribution in [1.82, 2.24) is 4.98 Å². The van der Waals surface area contributed by atoms with Gasteiger partial charge in [0.1, 0.15) is 11.6 Å². The van der Waals surface area contributed by atoms with Crippen LogP contribution in [0.4, 0.5) is 4.39 Å².